The molecule has 1 heterocycles. The molecule has 2 rings (SSSR count). The van der Waals surface area contributed by atoms with Gasteiger partial charge < -0.3 is 15.7 Å². The fraction of sp³-hybridized carbons (Fsp3) is 0.500. The highest BCUT2D eigenvalue weighted by molar-refractivity contribution is 9.10. The number of hydrogen-bond donors (Lipinski definition) is 3. The first-order valence-electron chi connectivity index (χ1n) is 6.51. The minimum Gasteiger partial charge on any atom is -0.392 e. The number of aliphatic hydroxyl groups excluding tert-OH is 1. The van der Waals surface area contributed by atoms with E-state index >= 15 is 0 Å². The fourth-order valence-corrected chi connectivity index (χ4v) is 2.75. The Balaban J connectivity index is 1.86. The van der Waals surface area contributed by atoms with Gasteiger partial charge in [0.15, 0.2) is 0 Å². The van der Waals surface area contributed by atoms with E-state index in [0.29, 0.717) is 13.0 Å². The summed E-state index contributed by atoms with van der Waals surface area (Å²) in [6, 6.07) is 7.80. The molecule has 1 aromatic carbocycles. The SMILES string of the molecule is C[C@H](Cc1ccccc1Br)NC(=O)[C@H]1C[C@H](O)CN1. The van der Waals surface area contributed by atoms with Crippen molar-refractivity contribution in [3.05, 3.63) is 34.3 Å². The number of benzene rings is 1. The zero-order valence-corrected chi connectivity index (χ0v) is 12.5. The van der Waals surface area contributed by atoms with E-state index in [1.165, 1.54) is 5.56 Å². The van der Waals surface area contributed by atoms with Crippen LogP contribution in [0, 0.1) is 0 Å². The van der Waals surface area contributed by atoms with Crippen LogP contribution < -0.4 is 10.6 Å². The number of halogens is 1. The normalized spacial score (nSPS) is 24.2. The van der Waals surface area contributed by atoms with E-state index in [2.05, 4.69) is 26.6 Å². The Kier molecular flexibility index (Phi) is 4.96. The Labute approximate surface area is 121 Å². The maximum atomic E-state index is 12.0. The minimum absolute atomic E-state index is 0.0314. The van der Waals surface area contributed by atoms with E-state index in [-0.39, 0.29) is 18.0 Å². The van der Waals surface area contributed by atoms with Gasteiger partial charge in [0.2, 0.25) is 5.91 Å². The fourth-order valence-electron chi connectivity index (χ4n) is 2.31. The third-order valence-corrected chi connectivity index (χ3v) is 4.07. The third-order valence-electron chi connectivity index (χ3n) is 3.30. The van der Waals surface area contributed by atoms with Crippen molar-refractivity contribution in [2.75, 3.05) is 6.54 Å². The van der Waals surface area contributed by atoms with Crippen LogP contribution in [0.25, 0.3) is 0 Å². The van der Waals surface area contributed by atoms with Gasteiger partial charge >= 0.3 is 0 Å². The van der Waals surface area contributed by atoms with Crippen LogP contribution in [0.4, 0.5) is 0 Å². The van der Waals surface area contributed by atoms with Crippen molar-refractivity contribution in [3.8, 4) is 0 Å². The van der Waals surface area contributed by atoms with E-state index in [1.807, 2.05) is 31.2 Å². The molecule has 1 aliphatic heterocycles. The van der Waals surface area contributed by atoms with Crippen LogP contribution >= 0.6 is 15.9 Å². The van der Waals surface area contributed by atoms with Crippen molar-refractivity contribution in [1.82, 2.24) is 10.6 Å². The van der Waals surface area contributed by atoms with Gasteiger partial charge in [-0.15, -0.1) is 0 Å². The second-order valence-electron chi connectivity index (χ2n) is 5.06. The number of carbonyl (C=O) groups excluding carboxylic acids is 1. The molecule has 104 valence electrons. The van der Waals surface area contributed by atoms with E-state index < -0.39 is 6.10 Å². The van der Waals surface area contributed by atoms with E-state index in [9.17, 15) is 9.90 Å². The first-order chi connectivity index (χ1) is 9.06. The number of nitrogens with one attached hydrogen (secondary N) is 2. The number of rotatable bonds is 4. The van der Waals surface area contributed by atoms with Crippen LogP contribution in [0.15, 0.2) is 28.7 Å². The Hall–Kier alpha value is -0.910. The largest absolute Gasteiger partial charge is 0.392 e. The summed E-state index contributed by atoms with van der Waals surface area (Å²) in [5.41, 5.74) is 1.18. The first-order valence-corrected chi connectivity index (χ1v) is 7.31. The lowest BCUT2D eigenvalue weighted by molar-refractivity contribution is -0.123. The molecule has 0 radical (unpaired) electrons. The quantitative estimate of drug-likeness (QED) is 0.779. The molecule has 1 saturated heterocycles. The van der Waals surface area contributed by atoms with Gasteiger partial charge in [-0.2, -0.15) is 0 Å². The molecular formula is C14H19BrN2O2. The lowest BCUT2D eigenvalue weighted by Gasteiger charge is -2.17. The molecule has 0 spiro atoms. The van der Waals surface area contributed by atoms with Gasteiger partial charge in [-0.05, 0) is 31.4 Å². The summed E-state index contributed by atoms with van der Waals surface area (Å²) in [6.45, 7) is 2.49. The highest BCUT2D eigenvalue weighted by Crippen LogP contribution is 2.17. The first kappa shape index (κ1) is 14.5. The molecule has 19 heavy (non-hydrogen) atoms. The molecule has 0 aromatic heterocycles. The molecule has 5 heteroatoms. The molecule has 0 unspecified atom stereocenters. The molecular weight excluding hydrogens is 308 g/mol. The summed E-state index contributed by atoms with van der Waals surface area (Å²) in [5, 5.41) is 15.4. The molecule has 3 atom stereocenters. The van der Waals surface area contributed by atoms with Gasteiger partial charge in [0.05, 0.1) is 12.1 Å². The molecule has 1 aliphatic rings. The zero-order chi connectivity index (χ0) is 13.8. The molecule has 1 aromatic rings. The lowest BCUT2D eigenvalue weighted by Crippen LogP contribution is -2.44. The van der Waals surface area contributed by atoms with Crippen LogP contribution in [0.1, 0.15) is 18.9 Å². The number of aliphatic hydroxyl groups is 1. The van der Waals surface area contributed by atoms with Crippen LogP contribution in [0.3, 0.4) is 0 Å². The molecule has 1 amide bonds. The zero-order valence-electron chi connectivity index (χ0n) is 10.9. The topological polar surface area (TPSA) is 61.4 Å². The summed E-state index contributed by atoms with van der Waals surface area (Å²) < 4.78 is 1.06. The highest BCUT2D eigenvalue weighted by atomic mass is 79.9. The average molecular weight is 327 g/mol. The molecule has 0 aliphatic carbocycles. The van der Waals surface area contributed by atoms with Crippen molar-refractivity contribution in [3.63, 3.8) is 0 Å². The summed E-state index contributed by atoms with van der Waals surface area (Å²) in [6.07, 6.45) is 0.866. The standard InChI is InChI=1S/C14H19BrN2O2/c1-9(6-10-4-2-3-5-12(10)15)17-14(19)13-7-11(18)8-16-13/h2-5,9,11,13,16,18H,6-8H2,1H3,(H,17,19)/t9-,11+,13-/m1/s1. The van der Waals surface area contributed by atoms with E-state index in [0.717, 1.165) is 10.9 Å². The van der Waals surface area contributed by atoms with Gasteiger partial charge in [0.1, 0.15) is 0 Å². The van der Waals surface area contributed by atoms with Crippen LogP contribution in [-0.4, -0.2) is 35.7 Å². The monoisotopic (exact) mass is 326 g/mol. The van der Waals surface area contributed by atoms with Gasteiger partial charge in [-0.25, -0.2) is 0 Å². The summed E-state index contributed by atoms with van der Waals surface area (Å²) in [4.78, 5) is 12.0. The Morgan fingerprint density at radius 1 is 1.58 bits per heavy atom. The van der Waals surface area contributed by atoms with Gasteiger partial charge in [0.25, 0.3) is 0 Å². The molecule has 1 fully saturated rings. The van der Waals surface area contributed by atoms with Crippen molar-refractivity contribution in [2.45, 2.75) is 38.0 Å². The second kappa shape index (κ2) is 6.50. The Bertz CT molecular complexity index is 453. The number of amides is 1. The predicted octanol–water partition coefficient (Wildman–Crippen LogP) is 1.22. The van der Waals surface area contributed by atoms with Gasteiger partial charge in [-0.3, -0.25) is 4.79 Å². The number of hydrogen-bond acceptors (Lipinski definition) is 3. The Morgan fingerprint density at radius 2 is 2.32 bits per heavy atom. The maximum Gasteiger partial charge on any atom is 0.237 e. The van der Waals surface area contributed by atoms with Gasteiger partial charge in [0, 0.05) is 17.1 Å². The highest BCUT2D eigenvalue weighted by Gasteiger charge is 2.28. The Morgan fingerprint density at radius 3 is 2.95 bits per heavy atom. The number of carbonyl (C=O) groups is 1. The van der Waals surface area contributed by atoms with Crippen molar-refractivity contribution in [1.29, 1.82) is 0 Å². The lowest BCUT2D eigenvalue weighted by atomic mass is 10.1. The van der Waals surface area contributed by atoms with Gasteiger partial charge in [-0.1, -0.05) is 34.1 Å². The predicted molar refractivity (Wildman–Crippen MR) is 77.9 cm³/mol. The van der Waals surface area contributed by atoms with Crippen LogP contribution in [0.2, 0.25) is 0 Å². The third kappa shape index (κ3) is 4.03. The minimum atomic E-state index is -0.408. The summed E-state index contributed by atoms with van der Waals surface area (Å²) in [7, 11) is 0. The molecule has 0 saturated carbocycles. The molecule has 4 nitrogen and oxygen atoms in total. The summed E-state index contributed by atoms with van der Waals surface area (Å²) in [5.74, 6) is -0.0314. The van der Waals surface area contributed by atoms with Crippen LogP contribution in [-0.2, 0) is 11.2 Å². The molecule has 3 N–H and O–H groups in total. The average Bonchev–Trinajstić information content (AvgIpc) is 2.79. The molecule has 0 bridgehead atoms. The number of β-amino-alcohol motifs (C(OH)–C–C–N with tert-alkyl or cyclic N) is 1. The van der Waals surface area contributed by atoms with Crippen molar-refractivity contribution in [2.24, 2.45) is 0 Å². The van der Waals surface area contributed by atoms with E-state index in [1.54, 1.807) is 0 Å². The second-order valence-corrected chi connectivity index (χ2v) is 5.91. The smallest absolute Gasteiger partial charge is 0.237 e. The van der Waals surface area contributed by atoms with Crippen LogP contribution in [0.5, 0.6) is 0 Å². The van der Waals surface area contributed by atoms with E-state index in [4.69, 9.17) is 0 Å². The van der Waals surface area contributed by atoms with Crippen molar-refractivity contribution >= 4 is 21.8 Å². The summed E-state index contributed by atoms with van der Waals surface area (Å²) >= 11 is 3.51. The maximum absolute atomic E-state index is 12.0. The van der Waals surface area contributed by atoms with Crippen molar-refractivity contribution < 1.29 is 9.90 Å².